The van der Waals surface area contributed by atoms with Gasteiger partial charge >= 0.3 is 5.97 Å². The first-order chi connectivity index (χ1) is 9.61. The van der Waals surface area contributed by atoms with Crippen LogP contribution in [-0.2, 0) is 4.79 Å². The summed E-state index contributed by atoms with van der Waals surface area (Å²) in [4.78, 5) is 37.3. The molecule has 3 rings (SSSR count). The highest BCUT2D eigenvalue weighted by molar-refractivity contribution is 6.21. The smallest absolute Gasteiger partial charge is 0.308 e. The number of imide groups is 1. The van der Waals surface area contributed by atoms with E-state index in [4.69, 9.17) is 0 Å². The molecule has 0 bridgehead atoms. The topological polar surface area (TPSA) is 74.7 Å². The number of carboxylic acids is 1. The van der Waals surface area contributed by atoms with Gasteiger partial charge in [-0.05, 0) is 25.0 Å². The fourth-order valence-electron chi connectivity index (χ4n) is 3.22. The van der Waals surface area contributed by atoms with E-state index >= 15 is 0 Å². The van der Waals surface area contributed by atoms with Crippen LogP contribution in [0, 0.1) is 5.92 Å². The summed E-state index contributed by atoms with van der Waals surface area (Å²) in [6, 6.07) is 6.14. The standard InChI is InChI=1S/C15H15NO4/c17-13-9-5-1-2-6-10(9)14(18)16(13)12-8-4-3-7-11(12)15(19)20/h1-2,5-6,11-12H,3-4,7-8H2,(H,19,20)/t11-,12-/m1/s1. The van der Waals surface area contributed by atoms with Crippen molar-refractivity contribution in [2.45, 2.75) is 31.7 Å². The van der Waals surface area contributed by atoms with Crippen LogP contribution in [0.2, 0.25) is 0 Å². The van der Waals surface area contributed by atoms with E-state index in [9.17, 15) is 19.5 Å². The van der Waals surface area contributed by atoms with E-state index in [0.29, 0.717) is 24.0 Å². The Morgan fingerprint density at radius 2 is 1.60 bits per heavy atom. The van der Waals surface area contributed by atoms with Crippen molar-refractivity contribution >= 4 is 17.8 Å². The predicted octanol–water partition coefficient (Wildman–Crippen LogP) is 1.93. The number of hydrogen-bond donors (Lipinski definition) is 1. The van der Waals surface area contributed by atoms with Gasteiger partial charge in [0.25, 0.3) is 11.8 Å². The number of carbonyl (C=O) groups excluding carboxylic acids is 2. The Kier molecular flexibility index (Phi) is 3.04. The van der Waals surface area contributed by atoms with Crippen LogP contribution in [0.4, 0.5) is 0 Å². The van der Waals surface area contributed by atoms with Gasteiger partial charge in [0, 0.05) is 0 Å². The molecule has 2 atom stereocenters. The number of fused-ring (bicyclic) bond motifs is 1. The molecule has 1 aliphatic carbocycles. The monoisotopic (exact) mass is 273 g/mol. The molecule has 0 aromatic heterocycles. The highest BCUT2D eigenvalue weighted by Crippen LogP contribution is 2.34. The van der Waals surface area contributed by atoms with Gasteiger partial charge in [-0.15, -0.1) is 0 Å². The Hall–Kier alpha value is -2.17. The average Bonchev–Trinajstić information content (AvgIpc) is 2.71. The van der Waals surface area contributed by atoms with Crippen molar-refractivity contribution < 1.29 is 19.5 Å². The summed E-state index contributed by atoms with van der Waals surface area (Å²) in [6.45, 7) is 0. The zero-order valence-electron chi connectivity index (χ0n) is 10.9. The Bertz CT molecular complexity index is 560. The van der Waals surface area contributed by atoms with Gasteiger partial charge in [0.15, 0.2) is 0 Å². The van der Waals surface area contributed by atoms with Crippen LogP contribution in [-0.4, -0.2) is 33.8 Å². The minimum absolute atomic E-state index is 0.358. The van der Waals surface area contributed by atoms with Gasteiger partial charge in [0.1, 0.15) is 0 Å². The van der Waals surface area contributed by atoms with E-state index in [1.165, 1.54) is 4.90 Å². The fourth-order valence-corrected chi connectivity index (χ4v) is 3.22. The first kappa shape index (κ1) is 12.8. The molecule has 5 nitrogen and oxygen atoms in total. The van der Waals surface area contributed by atoms with Crippen LogP contribution in [0.1, 0.15) is 46.4 Å². The van der Waals surface area contributed by atoms with E-state index in [1.807, 2.05) is 0 Å². The third-order valence-electron chi connectivity index (χ3n) is 4.20. The highest BCUT2D eigenvalue weighted by atomic mass is 16.4. The molecule has 0 unspecified atom stereocenters. The third-order valence-corrected chi connectivity index (χ3v) is 4.20. The fraction of sp³-hybridized carbons (Fsp3) is 0.400. The molecule has 1 aromatic rings. The van der Waals surface area contributed by atoms with Crippen molar-refractivity contribution in [1.82, 2.24) is 4.90 Å². The van der Waals surface area contributed by atoms with E-state index in [-0.39, 0.29) is 11.8 Å². The van der Waals surface area contributed by atoms with Gasteiger partial charge in [-0.3, -0.25) is 19.3 Å². The maximum absolute atomic E-state index is 12.4. The number of amides is 2. The second kappa shape index (κ2) is 4.74. The zero-order chi connectivity index (χ0) is 14.3. The maximum Gasteiger partial charge on any atom is 0.308 e. The summed E-state index contributed by atoms with van der Waals surface area (Å²) in [5, 5.41) is 9.31. The Morgan fingerprint density at radius 1 is 1.05 bits per heavy atom. The summed E-state index contributed by atoms with van der Waals surface area (Å²) in [7, 11) is 0. The number of aliphatic carboxylic acids is 1. The van der Waals surface area contributed by atoms with Crippen molar-refractivity contribution in [2.24, 2.45) is 5.92 Å². The quantitative estimate of drug-likeness (QED) is 0.835. The minimum Gasteiger partial charge on any atom is -0.481 e. The second-order valence-corrected chi connectivity index (χ2v) is 5.32. The number of rotatable bonds is 2. The Morgan fingerprint density at radius 3 is 2.15 bits per heavy atom. The van der Waals surface area contributed by atoms with Gasteiger partial charge in [-0.2, -0.15) is 0 Å². The molecule has 2 aliphatic rings. The molecule has 1 fully saturated rings. The van der Waals surface area contributed by atoms with Gasteiger partial charge in [0.05, 0.1) is 23.1 Å². The molecule has 20 heavy (non-hydrogen) atoms. The third kappa shape index (κ3) is 1.81. The molecule has 1 saturated carbocycles. The van der Waals surface area contributed by atoms with Crippen LogP contribution in [0.25, 0.3) is 0 Å². The molecule has 0 radical (unpaired) electrons. The van der Waals surface area contributed by atoms with Gasteiger partial charge in [0.2, 0.25) is 0 Å². The molecule has 0 saturated heterocycles. The molecule has 5 heteroatoms. The lowest BCUT2D eigenvalue weighted by Gasteiger charge is -2.34. The van der Waals surface area contributed by atoms with Crippen LogP contribution in [0.3, 0.4) is 0 Å². The first-order valence-electron chi connectivity index (χ1n) is 6.81. The van der Waals surface area contributed by atoms with E-state index in [1.54, 1.807) is 24.3 Å². The average molecular weight is 273 g/mol. The number of carboxylic acid groups (broad SMARTS) is 1. The largest absolute Gasteiger partial charge is 0.481 e. The summed E-state index contributed by atoms with van der Waals surface area (Å²) in [6.07, 6.45) is 2.77. The van der Waals surface area contributed by atoms with Gasteiger partial charge < -0.3 is 5.11 Å². The Balaban J connectivity index is 1.97. The highest BCUT2D eigenvalue weighted by Gasteiger charge is 2.45. The van der Waals surface area contributed by atoms with Crippen LogP contribution >= 0.6 is 0 Å². The van der Waals surface area contributed by atoms with Crippen molar-refractivity contribution in [2.75, 3.05) is 0 Å². The van der Waals surface area contributed by atoms with Crippen molar-refractivity contribution in [1.29, 1.82) is 0 Å². The number of benzene rings is 1. The predicted molar refractivity (Wildman–Crippen MR) is 70.3 cm³/mol. The summed E-state index contributed by atoms with van der Waals surface area (Å²) in [5.41, 5.74) is 0.763. The molecule has 104 valence electrons. The van der Waals surface area contributed by atoms with E-state index in [2.05, 4.69) is 0 Å². The van der Waals surface area contributed by atoms with Crippen LogP contribution < -0.4 is 0 Å². The summed E-state index contributed by atoms with van der Waals surface area (Å²) >= 11 is 0. The van der Waals surface area contributed by atoms with Gasteiger partial charge in [-0.1, -0.05) is 25.0 Å². The van der Waals surface area contributed by atoms with Crippen LogP contribution in [0.5, 0.6) is 0 Å². The first-order valence-corrected chi connectivity index (χ1v) is 6.81. The lowest BCUT2D eigenvalue weighted by Crippen LogP contribution is -2.48. The molecule has 1 aliphatic heterocycles. The van der Waals surface area contributed by atoms with Crippen molar-refractivity contribution in [3.05, 3.63) is 35.4 Å². The molecule has 0 spiro atoms. The van der Waals surface area contributed by atoms with E-state index < -0.39 is 17.9 Å². The molecular formula is C15H15NO4. The van der Waals surface area contributed by atoms with Crippen molar-refractivity contribution in [3.63, 3.8) is 0 Å². The lowest BCUT2D eigenvalue weighted by molar-refractivity contribution is -0.144. The molecule has 2 amide bonds. The van der Waals surface area contributed by atoms with Crippen molar-refractivity contribution in [3.8, 4) is 0 Å². The maximum atomic E-state index is 12.4. The number of hydrogen-bond acceptors (Lipinski definition) is 3. The molecule has 1 heterocycles. The number of carbonyl (C=O) groups is 3. The lowest BCUT2D eigenvalue weighted by atomic mass is 9.83. The number of nitrogens with zero attached hydrogens (tertiary/aromatic N) is 1. The summed E-state index contributed by atoms with van der Waals surface area (Å²) in [5.74, 6) is -2.29. The molecule has 1 aromatic carbocycles. The Labute approximate surface area is 116 Å². The van der Waals surface area contributed by atoms with E-state index in [0.717, 1.165) is 12.8 Å². The molecular weight excluding hydrogens is 258 g/mol. The van der Waals surface area contributed by atoms with Gasteiger partial charge in [-0.25, -0.2) is 0 Å². The minimum atomic E-state index is -0.925. The normalized spacial score (nSPS) is 25.7. The zero-order valence-corrected chi connectivity index (χ0v) is 10.9. The SMILES string of the molecule is O=C(O)[C@@H]1CCCC[C@H]1N1C(=O)c2ccccc2C1=O. The second-order valence-electron chi connectivity index (χ2n) is 5.32. The summed E-state index contributed by atoms with van der Waals surface area (Å²) < 4.78 is 0. The van der Waals surface area contributed by atoms with Crippen LogP contribution in [0.15, 0.2) is 24.3 Å². The molecule has 1 N–H and O–H groups in total.